The summed E-state index contributed by atoms with van der Waals surface area (Å²) < 4.78 is 24.1. The van der Waals surface area contributed by atoms with Crippen LogP contribution in [0.5, 0.6) is 0 Å². The van der Waals surface area contributed by atoms with Crippen LogP contribution < -0.4 is 10.6 Å². The van der Waals surface area contributed by atoms with Crippen molar-refractivity contribution in [3.63, 3.8) is 0 Å². The van der Waals surface area contributed by atoms with Gasteiger partial charge < -0.3 is 5.32 Å². The predicted octanol–water partition coefficient (Wildman–Crippen LogP) is 3.66. The van der Waals surface area contributed by atoms with E-state index in [2.05, 4.69) is 21.5 Å². The van der Waals surface area contributed by atoms with Crippen molar-refractivity contribution in [2.45, 2.75) is 12.3 Å². The zero-order chi connectivity index (χ0) is 17.6. The maximum Gasteiger partial charge on any atom is 0.321 e. The van der Waals surface area contributed by atoms with Crippen LogP contribution in [-0.2, 0) is 8.48 Å². The number of aromatic nitrogens is 1. The summed E-state index contributed by atoms with van der Waals surface area (Å²) in [7, 11) is 0. The van der Waals surface area contributed by atoms with Gasteiger partial charge in [-0.1, -0.05) is 18.1 Å². The van der Waals surface area contributed by atoms with Crippen LogP contribution in [-0.4, -0.2) is 22.0 Å². The number of anilines is 1. The Labute approximate surface area is 153 Å². The van der Waals surface area contributed by atoms with Gasteiger partial charge in [-0.3, -0.25) is 8.39 Å². The van der Waals surface area contributed by atoms with Gasteiger partial charge in [0.25, 0.3) is 0 Å². The van der Waals surface area contributed by atoms with Crippen LogP contribution >= 0.6 is 32.5 Å². The standard InChI is InChI=1S/C16H15FIN3O2S/c1-3-16(2,11-4-6-12(17)7-5-11)13-10-24-15(20-13)21-14(22)19-9-8-18-23/h1,4-7,10H,8-9H2,2H3,(H2,19,20,21,22)/t16-/m0/s1. The molecule has 2 N–H and O–H groups in total. The van der Waals surface area contributed by atoms with E-state index in [-0.39, 0.29) is 5.82 Å². The number of terminal acetylenes is 1. The van der Waals surface area contributed by atoms with Crippen LogP contribution in [0.2, 0.25) is 0 Å². The van der Waals surface area contributed by atoms with Gasteiger partial charge in [-0.2, -0.15) is 0 Å². The molecule has 2 aromatic rings. The van der Waals surface area contributed by atoms with E-state index < -0.39 is 32.6 Å². The maximum absolute atomic E-state index is 13.1. The molecule has 0 spiro atoms. The summed E-state index contributed by atoms with van der Waals surface area (Å²) in [6.45, 7) is 2.18. The highest BCUT2D eigenvalue weighted by Crippen LogP contribution is 2.33. The van der Waals surface area contributed by atoms with Gasteiger partial charge in [-0.15, -0.1) is 17.8 Å². The summed E-state index contributed by atoms with van der Waals surface area (Å²) in [5, 5.41) is 7.38. The number of benzene rings is 1. The Bertz CT molecular complexity index is 772. The fraction of sp³-hybridized carbons (Fsp3) is 0.250. The molecule has 1 atom stereocenters. The number of hydrogen-bond acceptors (Lipinski definition) is 4. The molecule has 0 unspecified atom stereocenters. The summed E-state index contributed by atoms with van der Waals surface area (Å²) in [5.41, 5.74) is 0.516. The zero-order valence-electron chi connectivity index (χ0n) is 12.8. The highest BCUT2D eigenvalue weighted by molar-refractivity contribution is 14.1. The summed E-state index contributed by atoms with van der Waals surface area (Å²) >= 11 is 0.167. The normalized spacial score (nSPS) is 12.9. The minimum absolute atomic E-state index is 0.337. The maximum atomic E-state index is 13.1. The zero-order valence-corrected chi connectivity index (χ0v) is 15.8. The third kappa shape index (κ3) is 4.36. The smallest absolute Gasteiger partial charge is 0.321 e. The fourth-order valence-corrected chi connectivity index (χ4v) is 3.29. The minimum atomic E-state index is -1.08. The van der Waals surface area contributed by atoms with Crippen LogP contribution in [0.4, 0.5) is 14.3 Å². The van der Waals surface area contributed by atoms with E-state index >= 15 is 0 Å². The van der Waals surface area contributed by atoms with E-state index in [0.29, 0.717) is 21.8 Å². The molecule has 0 radical (unpaired) electrons. The Morgan fingerprint density at radius 1 is 1.46 bits per heavy atom. The molecule has 24 heavy (non-hydrogen) atoms. The Morgan fingerprint density at radius 2 is 2.17 bits per heavy atom. The first-order chi connectivity index (χ1) is 11.5. The van der Waals surface area contributed by atoms with E-state index in [1.54, 1.807) is 17.5 Å². The number of carbonyl (C=O) groups is 1. The summed E-state index contributed by atoms with van der Waals surface area (Å²) in [6, 6.07) is 5.55. The van der Waals surface area contributed by atoms with Crippen molar-refractivity contribution in [1.82, 2.24) is 10.3 Å². The number of nitrogens with one attached hydrogen (secondary N) is 2. The van der Waals surface area contributed by atoms with Crippen LogP contribution in [0, 0.1) is 18.2 Å². The van der Waals surface area contributed by atoms with E-state index in [1.807, 2.05) is 6.92 Å². The van der Waals surface area contributed by atoms with Gasteiger partial charge in [0.2, 0.25) is 0 Å². The molecule has 0 aliphatic rings. The summed E-state index contributed by atoms with van der Waals surface area (Å²) in [5.74, 6) is 2.36. The predicted molar refractivity (Wildman–Crippen MR) is 100 cm³/mol. The number of rotatable bonds is 6. The molecule has 0 bridgehead atoms. The van der Waals surface area contributed by atoms with Crippen molar-refractivity contribution in [2.75, 3.05) is 16.3 Å². The summed E-state index contributed by atoms with van der Waals surface area (Å²) in [6.07, 6.45) is 5.70. The van der Waals surface area contributed by atoms with Gasteiger partial charge in [0, 0.05) is 16.4 Å². The average Bonchev–Trinajstić information content (AvgIpc) is 3.04. The van der Waals surface area contributed by atoms with Gasteiger partial charge in [0.05, 0.1) is 11.1 Å². The second kappa shape index (κ2) is 8.30. The minimum Gasteiger partial charge on any atom is -0.337 e. The number of hydrogen-bond donors (Lipinski definition) is 2. The number of urea groups is 1. The van der Waals surface area contributed by atoms with Gasteiger partial charge in [0.15, 0.2) is 5.13 Å². The summed E-state index contributed by atoms with van der Waals surface area (Å²) in [4.78, 5) is 16.1. The molecule has 126 valence electrons. The third-order valence-corrected chi connectivity index (χ3v) is 5.14. The quantitative estimate of drug-likeness (QED) is 0.300. The average molecular weight is 459 g/mol. The van der Waals surface area contributed by atoms with Gasteiger partial charge >= 0.3 is 6.03 Å². The molecule has 8 heteroatoms. The number of thiazole rings is 1. The highest BCUT2D eigenvalue weighted by atomic mass is 127. The molecule has 2 amide bonds. The van der Waals surface area contributed by atoms with Crippen molar-refractivity contribution in [3.05, 3.63) is 46.7 Å². The topological polar surface area (TPSA) is 71.1 Å². The van der Waals surface area contributed by atoms with Crippen LogP contribution in [0.1, 0.15) is 18.2 Å². The van der Waals surface area contributed by atoms with Crippen LogP contribution in [0.15, 0.2) is 29.6 Å². The van der Waals surface area contributed by atoms with E-state index in [4.69, 9.17) is 6.42 Å². The second-order valence-corrected chi connectivity index (χ2v) is 7.55. The Morgan fingerprint density at radius 3 is 2.79 bits per heavy atom. The number of halogens is 2. The molecule has 1 aromatic heterocycles. The molecule has 0 saturated carbocycles. The van der Waals surface area contributed by atoms with E-state index in [9.17, 15) is 12.3 Å². The second-order valence-electron chi connectivity index (χ2n) is 4.99. The van der Waals surface area contributed by atoms with Crippen molar-refractivity contribution in [3.8, 4) is 12.3 Å². The lowest BCUT2D eigenvalue weighted by Crippen LogP contribution is -2.30. The Balaban J connectivity index is 2.15. The molecule has 1 aromatic carbocycles. The lowest BCUT2D eigenvalue weighted by Gasteiger charge is -2.22. The van der Waals surface area contributed by atoms with E-state index in [0.717, 1.165) is 5.56 Å². The SMILES string of the molecule is C#C[C@@](C)(c1ccc(F)cc1)c1csc(NC(=O)NCCI=O)n1. The van der Waals surface area contributed by atoms with E-state index in [1.165, 1.54) is 23.5 Å². The monoisotopic (exact) mass is 459 g/mol. The van der Waals surface area contributed by atoms with Crippen LogP contribution in [0.25, 0.3) is 0 Å². The molecule has 1 heterocycles. The molecule has 0 aliphatic carbocycles. The lowest BCUT2D eigenvalue weighted by molar-refractivity contribution is 0.252. The van der Waals surface area contributed by atoms with Crippen molar-refractivity contribution >= 4 is 43.7 Å². The van der Waals surface area contributed by atoms with Crippen molar-refractivity contribution < 1.29 is 12.3 Å². The molecule has 2 rings (SSSR count). The molecule has 0 saturated heterocycles. The fourth-order valence-electron chi connectivity index (χ4n) is 1.99. The largest absolute Gasteiger partial charge is 0.337 e. The molecule has 5 nitrogen and oxygen atoms in total. The third-order valence-electron chi connectivity index (χ3n) is 3.40. The van der Waals surface area contributed by atoms with Gasteiger partial charge in [-0.25, -0.2) is 14.2 Å². The number of nitrogens with zero attached hydrogens (tertiary/aromatic N) is 1. The molecule has 0 aliphatic heterocycles. The number of alkyl halides is 1. The van der Waals surface area contributed by atoms with Gasteiger partial charge in [0.1, 0.15) is 27.0 Å². The molecular weight excluding hydrogens is 444 g/mol. The first-order valence-corrected chi connectivity index (χ1v) is 10.2. The lowest BCUT2D eigenvalue weighted by atomic mass is 9.81. The van der Waals surface area contributed by atoms with Gasteiger partial charge in [-0.05, 0) is 24.6 Å². The van der Waals surface area contributed by atoms with Crippen molar-refractivity contribution in [1.29, 1.82) is 0 Å². The first kappa shape index (κ1) is 18.5. The molecular formula is C16H15FIN3O2S. The first-order valence-electron chi connectivity index (χ1n) is 6.95. The Kier molecular flexibility index (Phi) is 6.39. The van der Waals surface area contributed by atoms with Crippen molar-refractivity contribution in [2.24, 2.45) is 0 Å². The Hall–Kier alpha value is -1.86. The van der Waals surface area contributed by atoms with Crippen LogP contribution in [0.3, 0.4) is 0 Å². The molecule has 0 fully saturated rings. The highest BCUT2D eigenvalue weighted by Gasteiger charge is 2.29. The number of carbonyl (C=O) groups excluding carboxylic acids is 1. The number of amides is 2.